The van der Waals surface area contributed by atoms with E-state index in [0.29, 0.717) is 24.0 Å². The molecule has 2 amide bonds. The molecule has 0 aromatic carbocycles. The van der Waals surface area contributed by atoms with Crippen molar-refractivity contribution in [3.05, 3.63) is 33.0 Å². The Morgan fingerprint density at radius 2 is 2.04 bits per heavy atom. The van der Waals surface area contributed by atoms with Gasteiger partial charge in [-0.15, -0.1) is 11.3 Å². The van der Waals surface area contributed by atoms with Crippen molar-refractivity contribution in [2.45, 2.75) is 51.5 Å². The summed E-state index contributed by atoms with van der Waals surface area (Å²) in [5, 5.41) is 11.8. The molecule has 1 fully saturated rings. The van der Waals surface area contributed by atoms with E-state index in [1.807, 2.05) is 18.4 Å². The third-order valence-corrected chi connectivity index (χ3v) is 6.62. The first-order valence-electron chi connectivity index (χ1n) is 9.46. The lowest BCUT2D eigenvalue weighted by molar-refractivity contribution is 0.104. The van der Waals surface area contributed by atoms with Crippen LogP contribution in [-0.4, -0.2) is 35.9 Å². The zero-order valence-electron chi connectivity index (χ0n) is 15.5. The lowest BCUT2D eigenvalue weighted by Crippen LogP contribution is -2.43. The Hall–Kier alpha value is -1.93. The van der Waals surface area contributed by atoms with E-state index < -0.39 is 0 Å². The van der Waals surface area contributed by atoms with Gasteiger partial charge in [-0.05, 0) is 43.2 Å². The Kier molecular flexibility index (Phi) is 7.23. The zero-order valence-corrected chi connectivity index (χ0v) is 17.2. The summed E-state index contributed by atoms with van der Waals surface area (Å²) in [5.74, 6) is 0.0362. The zero-order chi connectivity index (χ0) is 19.1. The lowest BCUT2D eigenvalue weighted by atomic mass is 9.96. The SMILES string of the molecule is Cc1ccsc1C(=O)c1cnc(NCCCNC(=O)NC2CCCCC2)s1. The molecule has 1 aliphatic carbocycles. The monoisotopic (exact) mass is 406 g/mol. The van der Waals surface area contributed by atoms with E-state index in [-0.39, 0.29) is 11.8 Å². The molecule has 3 N–H and O–H groups in total. The highest BCUT2D eigenvalue weighted by atomic mass is 32.1. The van der Waals surface area contributed by atoms with Crippen molar-refractivity contribution in [1.29, 1.82) is 0 Å². The molecule has 2 aromatic heterocycles. The van der Waals surface area contributed by atoms with Crippen molar-refractivity contribution in [3.8, 4) is 0 Å². The molecular weight excluding hydrogens is 380 g/mol. The number of nitrogens with zero attached hydrogens (tertiary/aromatic N) is 1. The molecule has 8 heteroatoms. The van der Waals surface area contributed by atoms with Crippen molar-refractivity contribution in [2.24, 2.45) is 0 Å². The van der Waals surface area contributed by atoms with E-state index in [1.165, 1.54) is 41.9 Å². The van der Waals surface area contributed by atoms with Crippen LogP contribution in [0.4, 0.5) is 9.93 Å². The molecule has 0 aliphatic heterocycles. The predicted molar refractivity (Wildman–Crippen MR) is 111 cm³/mol. The number of hydrogen-bond donors (Lipinski definition) is 3. The molecule has 6 nitrogen and oxygen atoms in total. The largest absolute Gasteiger partial charge is 0.361 e. The molecule has 2 heterocycles. The van der Waals surface area contributed by atoms with E-state index in [2.05, 4.69) is 20.9 Å². The fourth-order valence-electron chi connectivity index (χ4n) is 3.15. The Labute approximate surface area is 167 Å². The van der Waals surface area contributed by atoms with Gasteiger partial charge in [0.2, 0.25) is 5.78 Å². The van der Waals surface area contributed by atoms with Crippen LogP contribution in [0.3, 0.4) is 0 Å². The summed E-state index contributed by atoms with van der Waals surface area (Å²) in [5.41, 5.74) is 1.01. The second kappa shape index (κ2) is 9.85. The van der Waals surface area contributed by atoms with Gasteiger partial charge in [-0.2, -0.15) is 0 Å². The molecule has 0 radical (unpaired) electrons. The summed E-state index contributed by atoms with van der Waals surface area (Å²) in [4.78, 5) is 30.0. The van der Waals surface area contributed by atoms with Gasteiger partial charge >= 0.3 is 6.03 Å². The smallest absolute Gasteiger partial charge is 0.315 e. The molecule has 1 aliphatic rings. The molecular formula is C19H26N4O2S2. The Balaban J connectivity index is 1.34. The first kappa shape index (κ1) is 19.8. The number of aryl methyl sites for hydroxylation is 1. The van der Waals surface area contributed by atoms with Gasteiger partial charge < -0.3 is 16.0 Å². The first-order chi connectivity index (χ1) is 13.1. The van der Waals surface area contributed by atoms with E-state index in [4.69, 9.17) is 0 Å². The summed E-state index contributed by atoms with van der Waals surface area (Å²) in [6.07, 6.45) is 8.30. The van der Waals surface area contributed by atoms with Crippen LogP contribution in [-0.2, 0) is 0 Å². The second-order valence-electron chi connectivity index (χ2n) is 6.81. The summed E-state index contributed by atoms with van der Waals surface area (Å²) < 4.78 is 0. The van der Waals surface area contributed by atoms with Gasteiger partial charge in [-0.1, -0.05) is 30.6 Å². The fraction of sp³-hybridized carbons (Fsp3) is 0.526. The van der Waals surface area contributed by atoms with Crippen LogP contribution in [0.25, 0.3) is 0 Å². The Morgan fingerprint density at radius 3 is 2.78 bits per heavy atom. The third-order valence-electron chi connectivity index (χ3n) is 4.65. The van der Waals surface area contributed by atoms with E-state index in [1.54, 1.807) is 6.20 Å². The molecule has 146 valence electrons. The second-order valence-corrected chi connectivity index (χ2v) is 8.75. The Bertz CT molecular complexity index is 765. The van der Waals surface area contributed by atoms with E-state index in [9.17, 15) is 9.59 Å². The summed E-state index contributed by atoms with van der Waals surface area (Å²) in [6, 6.07) is 2.21. The van der Waals surface area contributed by atoms with E-state index in [0.717, 1.165) is 34.8 Å². The highest BCUT2D eigenvalue weighted by Crippen LogP contribution is 2.25. The van der Waals surface area contributed by atoms with Crippen molar-refractivity contribution in [2.75, 3.05) is 18.4 Å². The number of urea groups is 1. The number of amides is 2. The highest BCUT2D eigenvalue weighted by Gasteiger charge is 2.17. The molecule has 0 spiro atoms. The van der Waals surface area contributed by atoms with Crippen molar-refractivity contribution >= 4 is 39.6 Å². The van der Waals surface area contributed by atoms with Gasteiger partial charge in [-0.25, -0.2) is 9.78 Å². The molecule has 0 unspecified atom stereocenters. The maximum atomic E-state index is 12.5. The van der Waals surface area contributed by atoms with E-state index >= 15 is 0 Å². The van der Waals surface area contributed by atoms with Crippen LogP contribution in [0.15, 0.2) is 17.6 Å². The minimum Gasteiger partial charge on any atom is -0.361 e. The number of ketones is 1. The van der Waals surface area contributed by atoms with Gasteiger partial charge in [0.1, 0.15) is 0 Å². The van der Waals surface area contributed by atoms with Crippen molar-refractivity contribution < 1.29 is 9.59 Å². The fourth-order valence-corrected chi connectivity index (χ4v) is 4.88. The van der Waals surface area contributed by atoms with Crippen LogP contribution in [0, 0.1) is 6.92 Å². The summed E-state index contributed by atoms with van der Waals surface area (Å²) >= 11 is 2.83. The molecule has 0 saturated heterocycles. The minimum atomic E-state index is -0.0738. The predicted octanol–water partition coefficient (Wildman–Crippen LogP) is 4.18. The van der Waals surface area contributed by atoms with Crippen LogP contribution < -0.4 is 16.0 Å². The number of aromatic nitrogens is 1. The molecule has 0 atom stereocenters. The van der Waals surface area contributed by atoms with Gasteiger partial charge in [0, 0.05) is 19.1 Å². The average Bonchev–Trinajstić information content (AvgIpc) is 3.31. The van der Waals surface area contributed by atoms with Gasteiger partial charge in [-0.3, -0.25) is 4.79 Å². The number of thiophene rings is 1. The van der Waals surface area contributed by atoms with Crippen LogP contribution in [0.5, 0.6) is 0 Å². The Morgan fingerprint density at radius 1 is 1.22 bits per heavy atom. The summed E-state index contributed by atoms with van der Waals surface area (Å²) in [7, 11) is 0. The summed E-state index contributed by atoms with van der Waals surface area (Å²) in [6.45, 7) is 3.25. The lowest BCUT2D eigenvalue weighted by Gasteiger charge is -2.22. The third kappa shape index (κ3) is 5.77. The average molecular weight is 407 g/mol. The number of hydrogen-bond acceptors (Lipinski definition) is 6. The normalized spacial score (nSPS) is 14.7. The number of carbonyl (C=O) groups excluding carboxylic acids is 2. The van der Waals surface area contributed by atoms with Gasteiger partial charge in [0.15, 0.2) is 5.13 Å². The number of nitrogens with one attached hydrogen (secondary N) is 3. The number of anilines is 1. The van der Waals surface area contributed by atoms with Crippen LogP contribution in [0.2, 0.25) is 0 Å². The highest BCUT2D eigenvalue weighted by molar-refractivity contribution is 7.19. The van der Waals surface area contributed by atoms with Crippen LogP contribution >= 0.6 is 22.7 Å². The van der Waals surface area contributed by atoms with Gasteiger partial charge in [0.25, 0.3) is 0 Å². The number of rotatable bonds is 8. The maximum Gasteiger partial charge on any atom is 0.315 e. The quantitative estimate of drug-likeness (QED) is 0.454. The first-order valence-corrected chi connectivity index (χ1v) is 11.2. The minimum absolute atomic E-state index is 0.0362. The molecule has 2 aromatic rings. The maximum absolute atomic E-state index is 12.5. The molecule has 1 saturated carbocycles. The van der Waals surface area contributed by atoms with Crippen molar-refractivity contribution in [1.82, 2.24) is 15.6 Å². The van der Waals surface area contributed by atoms with Crippen LogP contribution in [0.1, 0.15) is 58.6 Å². The molecule has 27 heavy (non-hydrogen) atoms. The number of carbonyl (C=O) groups is 2. The molecule has 3 rings (SSSR count). The van der Waals surface area contributed by atoms with Crippen molar-refractivity contribution in [3.63, 3.8) is 0 Å². The van der Waals surface area contributed by atoms with Gasteiger partial charge in [0.05, 0.1) is 16.0 Å². The molecule has 0 bridgehead atoms. The number of thiazole rings is 1. The standard InChI is InChI=1S/C19H26N4O2S2/c1-13-8-11-26-17(13)16(24)15-12-22-19(27-15)21-10-5-9-20-18(25)23-14-6-3-2-4-7-14/h8,11-12,14H,2-7,9-10H2,1H3,(H,21,22)(H2,20,23,25). The topological polar surface area (TPSA) is 83.1 Å².